The fraction of sp³-hybridized carbons (Fsp3) is 0.600. The Hall–Kier alpha value is -0.930. The third-order valence-corrected chi connectivity index (χ3v) is 3.68. The number of nitrogens with zero attached hydrogens (tertiary/aromatic N) is 1. The molecule has 1 aromatic rings. The molecule has 1 aromatic carbocycles. The zero-order valence-corrected chi connectivity index (χ0v) is 11.4. The van der Waals surface area contributed by atoms with Crippen LogP contribution in [0.25, 0.3) is 0 Å². The molecular weight excluding hydrogens is 227 g/mol. The van der Waals surface area contributed by atoms with Crippen LogP contribution in [0, 0.1) is 12.7 Å². The van der Waals surface area contributed by atoms with Crippen molar-refractivity contribution in [2.24, 2.45) is 0 Å². The minimum atomic E-state index is -0.138. The normalized spacial score (nSPS) is 21.2. The molecule has 0 aromatic heterocycles. The minimum Gasteiger partial charge on any atom is -0.311 e. The number of benzene rings is 1. The number of hydrogen-bond donors (Lipinski definition) is 1. The monoisotopic (exact) mass is 250 g/mol. The van der Waals surface area contributed by atoms with Crippen LogP contribution in [-0.2, 0) is 6.54 Å². The van der Waals surface area contributed by atoms with Crippen LogP contribution in [0.5, 0.6) is 0 Å². The second kappa shape index (κ2) is 6.30. The maximum atomic E-state index is 13.1. The van der Waals surface area contributed by atoms with Gasteiger partial charge < -0.3 is 5.32 Å². The van der Waals surface area contributed by atoms with Crippen LogP contribution in [0.4, 0.5) is 4.39 Å². The molecular formula is C15H23FN2. The molecule has 2 rings (SSSR count). The topological polar surface area (TPSA) is 15.3 Å². The van der Waals surface area contributed by atoms with Gasteiger partial charge in [0.1, 0.15) is 5.82 Å². The summed E-state index contributed by atoms with van der Waals surface area (Å²) >= 11 is 0. The van der Waals surface area contributed by atoms with Gasteiger partial charge in [0, 0.05) is 32.2 Å². The maximum absolute atomic E-state index is 13.1. The van der Waals surface area contributed by atoms with E-state index in [1.807, 2.05) is 13.0 Å². The number of halogens is 1. The van der Waals surface area contributed by atoms with Crippen molar-refractivity contribution in [1.29, 1.82) is 0 Å². The van der Waals surface area contributed by atoms with Crippen molar-refractivity contribution in [3.8, 4) is 0 Å². The fourth-order valence-corrected chi connectivity index (χ4v) is 2.66. The molecule has 0 saturated carbocycles. The van der Waals surface area contributed by atoms with Crippen molar-refractivity contribution in [3.05, 3.63) is 35.1 Å². The van der Waals surface area contributed by atoms with Crippen molar-refractivity contribution in [1.82, 2.24) is 10.2 Å². The van der Waals surface area contributed by atoms with Crippen molar-refractivity contribution in [3.63, 3.8) is 0 Å². The lowest BCUT2D eigenvalue weighted by Gasteiger charge is -2.34. The van der Waals surface area contributed by atoms with Gasteiger partial charge in [0.05, 0.1) is 0 Å². The van der Waals surface area contributed by atoms with Gasteiger partial charge >= 0.3 is 0 Å². The zero-order valence-electron chi connectivity index (χ0n) is 11.4. The third kappa shape index (κ3) is 3.53. The minimum absolute atomic E-state index is 0.138. The van der Waals surface area contributed by atoms with E-state index in [0.717, 1.165) is 31.7 Å². The quantitative estimate of drug-likeness (QED) is 0.884. The van der Waals surface area contributed by atoms with Gasteiger partial charge in [0.15, 0.2) is 0 Å². The highest BCUT2D eigenvalue weighted by Gasteiger charge is 2.18. The summed E-state index contributed by atoms with van der Waals surface area (Å²) in [7, 11) is 0. The Balaban J connectivity index is 1.96. The van der Waals surface area contributed by atoms with E-state index in [0.29, 0.717) is 6.04 Å². The molecule has 0 spiro atoms. The van der Waals surface area contributed by atoms with Crippen LogP contribution < -0.4 is 5.32 Å². The second-order valence-corrected chi connectivity index (χ2v) is 5.25. The summed E-state index contributed by atoms with van der Waals surface area (Å²) in [5, 5.41) is 3.56. The zero-order chi connectivity index (χ0) is 13.0. The highest BCUT2D eigenvalue weighted by molar-refractivity contribution is 5.26. The first-order valence-electron chi connectivity index (χ1n) is 6.90. The second-order valence-electron chi connectivity index (χ2n) is 5.25. The average molecular weight is 250 g/mol. The Bertz CT molecular complexity index is 390. The lowest BCUT2D eigenvalue weighted by atomic mass is 10.1. The summed E-state index contributed by atoms with van der Waals surface area (Å²) in [4.78, 5) is 2.47. The predicted molar refractivity (Wildman–Crippen MR) is 73.1 cm³/mol. The van der Waals surface area contributed by atoms with Crippen molar-refractivity contribution < 1.29 is 4.39 Å². The Morgan fingerprint density at radius 2 is 2.28 bits per heavy atom. The molecule has 100 valence electrons. The van der Waals surface area contributed by atoms with Crippen molar-refractivity contribution in [2.45, 2.75) is 39.3 Å². The van der Waals surface area contributed by atoms with E-state index in [1.54, 1.807) is 12.1 Å². The van der Waals surface area contributed by atoms with Crippen molar-refractivity contribution >= 4 is 0 Å². The number of aryl methyl sites for hydroxylation is 1. The van der Waals surface area contributed by atoms with Crippen LogP contribution in [0.3, 0.4) is 0 Å². The number of nitrogens with one attached hydrogen (secondary N) is 1. The predicted octanol–water partition coefficient (Wildman–Crippen LogP) is 2.71. The van der Waals surface area contributed by atoms with Gasteiger partial charge in [-0.25, -0.2) is 4.39 Å². The van der Waals surface area contributed by atoms with E-state index in [1.165, 1.54) is 18.4 Å². The standard InChI is InChI=1S/C15H23FN2/c1-3-4-15-11-18(8-7-17-15)10-13-5-6-14(16)9-12(13)2/h5-6,9,15,17H,3-4,7-8,10-11H2,1-2H3. The molecule has 1 N–H and O–H groups in total. The van der Waals surface area contributed by atoms with Gasteiger partial charge in [-0.15, -0.1) is 0 Å². The van der Waals surface area contributed by atoms with Crippen LogP contribution in [0.1, 0.15) is 30.9 Å². The summed E-state index contributed by atoms with van der Waals surface area (Å²) in [6.07, 6.45) is 2.46. The van der Waals surface area contributed by atoms with E-state index >= 15 is 0 Å². The Morgan fingerprint density at radius 1 is 1.44 bits per heavy atom. The average Bonchev–Trinajstić information content (AvgIpc) is 2.34. The van der Waals surface area contributed by atoms with Gasteiger partial charge in [-0.1, -0.05) is 19.4 Å². The van der Waals surface area contributed by atoms with Crippen LogP contribution in [0.15, 0.2) is 18.2 Å². The van der Waals surface area contributed by atoms with Gasteiger partial charge in [0.25, 0.3) is 0 Å². The highest BCUT2D eigenvalue weighted by atomic mass is 19.1. The Kier molecular flexibility index (Phi) is 4.72. The molecule has 0 aliphatic carbocycles. The van der Waals surface area contributed by atoms with Crippen molar-refractivity contribution in [2.75, 3.05) is 19.6 Å². The Labute approximate surface area is 109 Å². The molecule has 3 heteroatoms. The first kappa shape index (κ1) is 13.5. The first-order valence-corrected chi connectivity index (χ1v) is 6.90. The smallest absolute Gasteiger partial charge is 0.123 e. The lowest BCUT2D eigenvalue weighted by molar-refractivity contribution is 0.186. The number of piperazine rings is 1. The third-order valence-electron chi connectivity index (χ3n) is 3.68. The van der Waals surface area contributed by atoms with E-state index in [2.05, 4.69) is 17.1 Å². The molecule has 0 bridgehead atoms. The summed E-state index contributed by atoms with van der Waals surface area (Å²) in [6, 6.07) is 5.72. The van der Waals surface area contributed by atoms with Gasteiger partial charge in [0.2, 0.25) is 0 Å². The number of hydrogen-bond acceptors (Lipinski definition) is 2. The highest BCUT2D eigenvalue weighted by Crippen LogP contribution is 2.14. The van der Waals surface area contributed by atoms with E-state index in [9.17, 15) is 4.39 Å². The largest absolute Gasteiger partial charge is 0.311 e. The molecule has 1 atom stereocenters. The molecule has 0 amide bonds. The van der Waals surface area contributed by atoms with Gasteiger partial charge in [-0.2, -0.15) is 0 Å². The molecule has 18 heavy (non-hydrogen) atoms. The lowest BCUT2D eigenvalue weighted by Crippen LogP contribution is -2.50. The molecule has 2 nitrogen and oxygen atoms in total. The molecule has 1 unspecified atom stereocenters. The first-order chi connectivity index (χ1) is 8.69. The van der Waals surface area contributed by atoms with E-state index in [-0.39, 0.29) is 5.82 Å². The maximum Gasteiger partial charge on any atom is 0.123 e. The van der Waals surface area contributed by atoms with Gasteiger partial charge in [-0.05, 0) is 36.6 Å². The van der Waals surface area contributed by atoms with E-state index < -0.39 is 0 Å². The van der Waals surface area contributed by atoms with Crippen LogP contribution >= 0.6 is 0 Å². The molecule has 1 aliphatic heterocycles. The summed E-state index contributed by atoms with van der Waals surface area (Å²) in [6.45, 7) is 8.40. The number of rotatable bonds is 4. The SMILES string of the molecule is CCCC1CN(Cc2ccc(F)cc2C)CCN1. The molecule has 1 saturated heterocycles. The van der Waals surface area contributed by atoms with Crippen LogP contribution in [-0.4, -0.2) is 30.6 Å². The summed E-state index contributed by atoms with van der Waals surface area (Å²) in [5.41, 5.74) is 2.30. The van der Waals surface area contributed by atoms with E-state index in [4.69, 9.17) is 0 Å². The molecule has 1 heterocycles. The fourth-order valence-electron chi connectivity index (χ4n) is 2.66. The Morgan fingerprint density at radius 3 is 3.00 bits per heavy atom. The molecule has 1 aliphatic rings. The molecule has 0 radical (unpaired) electrons. The molecule has 1 fully saturated rings. The summed E-state index contributed by atoms with van der Waals surface area (Å²) < 4.78 is 13.1. The van der Waals surface area contributed by atoms with Gasteiger partial charge in [-0.3, -0.25) is 4.90 Å². The summed E-state index contributed by atoms with van der Waals surface area (Å²) in [5.74, 6) is -0.138. The van der Waals surface area contributed by atoms with Crippen LogP contribution in [0.2, 0.25) is 0 Å².